The normalized spacial score (nSPS) is 12.1. The van der Waals surface area contributed by atoms with Gasteiger partial charge in [0.05, 0.1) is 22.9 Å². The summed E-state index contributed by atoms with van der Waals surface area (Å²) in [6, 6.07) is 16.8. The van der Waals surface area contributed by atoms with Crippen molar-refractivity contribution in [2.45, 2.75) is 32.1 Å². The Morgan fingerprint density at radius 3 is 2.50 bits per heavy atom. The molecule has 0 aliphatic heterocycles. The molecule has 1 amide bonds. The molecule has 150 valence electrons. The number of nitrogens with zero attached hydrogens (tertiary/aromatic N) is 3. The van der Waals surface area contributed by atoms with Gasteiger partial charge in [-0.3, -0.25) is 9.78 Å². The van der Waals surface area contributed by atoms with Crippen LogP contribution in [0.1, 0.15) is 46.9 Å². The molecule has 0 bridgehead atoms. The van der Waals surface area contributed by atoms with E-state index < -0.39 is 5.41 Å². The number of rotatable bonds is 5. The lowest BCUT2D eigenvalue weighted by Crippen LogP contribution is -2.27. The average molecular weight is 417 g/mol. The predicted octanol–water partition coefficient (Wildman–Crippen LogP) is 5.03. The smallest absolute Gasteiger partial charge is 0.251 e. The number of aryl methyl sites for hydroxylation is 1. The minimum atomic E-state index is -1.20. The molecule has 0 saturated heterocycles. The molecular formula is C24H21ClN4O. The second-order valence-electron chi connectivity index (χ2n) is 7.57. The zero-order chi connectivity index (χ0) is 21.9. The highest BCUT2D eigenvalue weighted by atomic mass is 35.5. The Balaban J connectivity index is 1.75. The molecule has 0 spiro atoms. The molecule has 3 aromatic rings. The van der Waals surface area contributed by atoms with E-state index in [1.54, 1.807) is 31.3 Å². The Bertz CT molecular complexity index is 1190. The SMILES string of the molecule is Cc1ncc([C@@H](C)CNC(=O)c2ccc3cc(C(C)(C#N)C#N)ccc3c2)cc1Cl. The molecule has 30 heavy (non-hydrogen) atoms. The lowest BCUT2D eigenvalue weighted by Gasteiger charge is -2.15. The van der Waals surface area contributed by atoms with Crippen LogP contribution in [-0.2, 0) is 5.41 Å². The Morgan fingerprint density at radius 1 is 1.17 bits per heavy atom. The van der Waals surface area contributed by atoms with E-state index in [-0.39, 0.29) is 11.8 Å². The second kappa shape index (κ2) is 8.53. The van der Waals surface area contributed by atoms with Crippen molar-refractivity contribution < 1.29 is 4.79 Å². The van der Waals surface area contributed by atoms with Crippen LogP contribution >= 0.6 is 11.6 Å². The van der Waals surface area contributed by atoms with Crippen molar-refractivity contribution in [3.8, 4) is 12.1 Å². The molecule has 0 aliphatic rings. The van der Waals surface area contributed by atoms with E-state index in [2.05, 4.69) is 10.3 Å². The first-order valence-corrected chi connectivity index (χ1v) is 9.92. The van der Waals surface area contributed by atoms with E-state index in [1.165, 1.54) is 0 Å². The van der Waals surface area contributed by atoms with Gasteiger partial charge in [-0.1, -0.05) is 36.7 Å². The van der Waals surface area contributed by atoms with Gasteiger partial charge in [0, 0.05) is 24.2 Å². The Labute approximate surface area is 180 Å². The molecular weight excluding hydrogens is 396 g/mol. The van der Waals surface area contributed by atoms with E-state index in [1.807, 2.05) is 50.3 Å². The number of halogens is 1. The van der Waals surface area contributed by atoms with Crippen molar-refractivity contribution >= 4 is 28.3 Å². The van der Waals surface area contributed by atoms with Crippen LogP contribution in [-0.4, -0.2) is 17.4 Å². The third-order valence-corrected chi connectivity index (χ3v) is 5.69. The molecule has 3 rings (SSSR count). The van der Waals surface area contributed by atoms with Crippen molar-refractivity contribution in [3.05, 3.63) is 76.1 Å². The van der Waals surface area contributed by atoms with Gasteiger partial charge in [0.15, 0.2) is 5.41 Å². The predicted molar refractivity (Wildman–Crippen MR) is 117 cm³/mol. The highest BCUT2D eigenvalue weighted by Gasteiger charge is 2.26. The summed E-state index contributed by atoms with van der Waals surface area (Å²) in [7, 11) is 0. The topological polar surface area (TPSA) is 89.6 Å². The third-order valence-electron chi connectivity index (χ3n) is 5.31. The number of nitriles is 2. The van der Waals surface area contributed by atoms with E-state index in [9.17, 15) is 15.3 Å². The Hall–Kier alpha value is -3.41. The fourth-order valence-corrected chi connectivity index (χ4v) is 3.28. The van der Waals surface area contributed by atoms with E-state index >= 15 is 0 Å². The molecule has 1 aromatic heterocycles. The summed E-state index contributed by atoms with van der Waals surface area (Å²) >= 11 is 6.14. The molecule has 0 saturated carbocycles. The largest absolute Gasteiger partial charge is 0.351 e. The summed E-state index contributed by atoms with van der Waals surface area (Å²) in [4.78, 5) is 16.9. The first kappa shape index (κ1) is 21.3. The molecule has 0 radical (unpaired) electrons. The molecule has 1 N–H and O–H groups in total. The lowest BCUT2D eigenvalue weighted by molar-refractivity contribution is 0.0952. The van der Waals surface area contributed by atoms with Crippen molar-refractivity contribution in [3.63, 3.8) is 0 Å². The van der Waals surface area contributed by atoms with Crippen LogP contribution in [0.15, 0.2) is 48.7 Å². The molecule has 0 unspecified atom stereocenters. The maximum absolute atomic E-state index is 12.6. The number of hydrogen-bond donors (Lipinski definition) is 1. The quantitative estimate of drug-likeness (QED) is 0.631. The number of hydrogen-bond acceptors (Lipinski definition) is 4. The van der Waals surface area contributed by atoms with Gasteiger partial charge < -0.3 is 5.32 Å². The molecule has 5 nitrogen and oxygen atoms in total. The number of fused-ring (bicyclic) bond motifs is 1. The van der Waals surface area contributed by atoms with Crippen molar-refractivity contribution in [1.82, 2.24) is 10.3 Å². The van der Waals surface area contributed by atoms with Gasteiger partial charge in [0.1, 0.15) is 0 Å². The number of nitrogens with one attached hydrogen (secondary N) is 1. The highest BCUT2D eigenvalue weighted by molar-refractivity contribution is 6.31. The fourth-order valence-electron chi connectivity index (χ4n) is 3.11. The Kier molecular flexibility index (Phi) is 6.06. The second-order valence-corrected chi connectivity index (χ2v) is 7.98. The molecule has 1 heterocycles. The Morgan fingerprint density at radius 2 is 1.83 bits per heavy atom. The van der Waals surface area contributed by atoms with E-state index in [0.29, 0.717) is 22.7 Å². The first-order valence-electron chi connectivity index (χ1n) is 9.54. The molecule has 6 heteroatoms. The number of benzene rings is 2. The van der Waals surface area contributed by atoms with Gasteiger partial charge in [0.2, 0.25) is 0 Å². The number of aromatic nitrogens is 1. The maximum atomic E-state index is 12.6. The molecule has 1 atom stereocenters. The summed E-state index contributed by atoms with van der Waals surface area (Å²) in [6.45, 7) is 5.90. The number of pyridine rings is 1. The summed E-state index contributed by atoms with van der Waals surface area (Å²) in [5, 5.41) is 23.9. The summed E-state index contributed by atoms with van der Waals surface area (Å²) in [6.07, 6.45) is 1.78. The minimum Gasteiger partial charge on any atom is -0.351 e. The zero-order valence-corrected chi connectivity index (χ0v) is 17.8. The average Bonchev–Trinajstić information content (AvgIpc) is 2.77. The van der Waals surface area contributed by atoms with Crippen LogP contribution in [0.2, 0.25) is 5.02 Å². The van der Waals surface area contributed by atoms with Gasteiger partial charge >= 0.3 is 0 Å². The van der Waals surface area contributed by atoms with Crippen molar-refractivity contribution in [1.29, 1.82) is 10.5 Å². The van der Waals surface area contributed by atoms with Crippen LogP contribution in [0.25, 0.3) is 10.8 Å². The van der Waals surface area contributed by atoms with Crippen LogP contribution in [0.4, 0.5) is 0 Å². The van der Waals surface area contributed by atoms with Gasteiger partial charge in [0.25, 0.3) is 5.91 Å². The molecule has 2 aromatic carbocycles. The van der Waals surface area contributed by atoms with Crippen LogP contribution in [0.3, 0.4) is 0 Å². The summed E-state index contributed by atoms with van der Waals surface area (Å²) in [5.74, 6) is -0.102. The zero-order valence-electron chi connectivity index (χ0n) is 17.0. The monoisotopic (exact) mass is 416 g/mol. The highest BCUT2D eigenvalue weighted by Crippen LogP contribution is 2.27. The first-order chi connectivity index (χ1) is 14.3. The minimum absolute atomic E-state index is 0.0669. The number of amides is 1. The van der Waals surface area contributed by atoms with E-state index in [4.69, 9.17) is 11.6 Å². The third kappa shape index (κ3) is 4.27. The molecule has 0 aliphatic carbocycles. The van der Waals surface area contributed by atoms with E-state index in [0.717, 1.165) is 22.0 Å². The van der Waals surface area contributed by atoms with Gasteiger partial charge in [-0.15, -0.1) is 0 Å². The maximum Gasteiger partial charge on any atom is 0.251 e. The van der Waals surface area contributed by atoms with Gasteiger partial charge in [-0.2, -0.15) is 10.5 Å². The van der Waals surface area contributed by atoms with Gasteiger partial charge in [-0.05, 0) is 60.0 Å². The van der Waals surface area contributed by atoms with Gasteiger partial charge in [-0.25, -0.2) is 0 Å². The molecule has 0 fully saturated rings. The lowest BCUT2D eigenvalue weighted by atomic mass is 9.84. The van der Waals surface area contributed by atoms with Crippen molar-refractivity contribution in [2.24, 2.45) is 0 Å². The van der Waals surface area contributed by atoms with Crippen molar-refractivity contribution in [2.75, 3.05) is 6.54 Å². The van der Waals surface area contributed by atoms with Crippen LogP contribution in [0, 0.1) is 29.6 Å². The van der Waals surface area contributed by atoms with Crippen LogP contribution in [0.5, 0.6) is 0 Å². The summed E-state index contributed by atoms with van der Waals surface area (Å²) < 4.78 is 0. The fraction of sp³-hybridized carbons (Fsp3) is 0.250. The number of carbonyl (C=O) groups is 1. The number of carbonyl (C=O) groups excluding carboxylic acids is 1. The summed E-state index contributed by atoms with van der Waals surface area (Å²) in [5.41, 5.74) is 1.73. The van der Waals surface area contributed by atoms with Crippen LogP contribution < -0.4 is 5.32 Å². The standard InChI is InChI=1S/C24H21ClN4O/c1-15(20-10-22(25)16(2)28-12-20)11-29-23(30)19-5-4-18-9-21(7-6-17(18)8-19)24(3,13-26)14-27/h4-10,12,15H,11H2,1-3H3,(H,29,30)/t15-/m0/s1.